The lowest BCUT2D eigenvalue weighted by atomic mass is 10.0. The number of carboxylic acid groups (broad SMARTS) is 1. The summed E-state index contributed by atoms with van der Waals surface area (Å²) in [4.78, 5) is 10.4. The van der Waals surface area contributed by atoms with Gasteiger partial charge in [0.2, 0.25) is 0 Å². The van der Waals surface area contributed by atoms with Crippen LogP contribution in [0.4, 0.5) is 0 Å². The van der Waals surface area contributed by atoms with E-state index >= 15 is 0 Å². The molecule has 4 heteroatoms. The van der Waals surface area contributed by atoms with Crippen LogP contribution in [0, 0.1) is 18.3 Å². The van der Waals surface area contributed by atoms with Crippen LogP contribution in [-0.2, 0) is 11.2 Å². The van der Waals surface area contributed by atoms with Crippen LogP contribution < -0.4 is 0 Å². The van der Waals surface area contributed by atoms with Gasteiger partial charge in [-0.3, -0.25) is 4.79 Å². The molecule has 72 valence electrons. The molecule has 0 aliphatic carbocycles. The quantitative estimate of drug-likeness (QED) is 0.735. The molecule has 4 nitrogen and oxygen atoms in total. The molecule has 0 fully saturated rings. The fraction of sp³-hybridized carbons (Fsp3) is 0.200. The van der Waals surface area contributed by atoms with Gasteiger partial charge in [-0.2, -0.15) is 5.26 Å². The summed E-state index contributed by atoms with van der Waals surface area (Å²) < 4.78 is 0. The lowest BCUT2D eigenvalue weighted by Gasteiger charge is -2.06. The first-order chi connectivity index (χ1) is 6.56. The average Bonchev–Trinajstić information content (AvgIpc) is 2.13. The molecule has 0 bridgehead atoms. The molecule has 0 amide bonds. The summed E-state index contributed by atoms with van der Waals surface area (Å²) in [7, 11) is 0. The van der Waals surface area contributed by atoms with Gasteiger partial charge in [0.1, 0.15) is 11.8 Å². The van der Waals surface area contributed by atoms with E-state index in [4.69, 9.17) is 10.4 Å². The second kappa shape index (κ2) is 3.79. The van der Waals surface area contributed by atoms with Crippen molar-refractivity contribution in [3.63, 3.8) is 0 Å². The molecule has 0 heterocycles. The van der Waals surface area contributed by atoms with Crippen LogP contribution in [-0.4, -0.2) is 16.2 Å². The number of hydrogen-bond acceptors (Lipinski definition) is 3. The third-order valence-electron chi connectivity index (χ3n) is 2.01. The first-order valence-corrected chi connectivity index (χ1v) is 3.99. The number of nitriles is 1. The molecule has 0 aromatic heterocycles. The summed E-state index contributed by atoms with van der Waals surface area (Å²) in [6.07, 6.45) is -0.148. The Balaban J connectivity index is 3.18. The second-order valence-corrected chi connectivity index (χ2v) is 2.93. The number of benzene rings is 1. The highest BCUT2D eigenvalue weighted by molar-refractivity contribution is 5.71. The highest BCUT2D eigenvalue weighted by Gasteiger charge is 2.10. The Morgan fingerprint density at radius 2 is 2.21 bits per heavy atom. The summed E-state index contributed by atoms with van der Waals surface area (Å²) in [5, 5.41) is 26.6. The summed E-state index contributed by atoms with van der Waals surface area (Å²) in [6, 6.07) is 4.78. The topological polar surface area (TPSA) is 81.3 Å². The largest absolute Gasteiger partial charge is 0.506 e. The zero-order valence-electron chi connectivity index (χ0n) is 7.61. The Hall–Kier alpha value is -2.02. The molecule has 0 unspecified atom stereocenters. The van der Waals surface area contributed by atoms with E-state index in [1.165, 1.54) is 6.07 Å². The van der Waals surface area contributed by atoms with Crippen LogP contribution in [0.2, 0.25) is 0 Å². The molecular weight excluding hydrogens is 182 g/mol. The maximum Gasteiger partial charge on any atom is 0.307 e. The van der Waals surface area contributed by atoms with Crippen molar-refractivity contribution < 1.29 is 15.0 Å². The van der Waals surface area contributed by atoms with Crippen molar-refractivity contribution in [3.8, 4) is 11.8 Å². The third kappa shape index (κ3) is 1.83. The Labute approximate surface area is 81.0 Å². The maximum absolute atomic E-state index is 10.4. The van der Waals surface area contributed by atoms with Gasteiger partial charge >= 0.3 is 5.97 Å². The van der Waals surface area contributed by atoms with Crippen LogP contribution in [0.5, 0.6) is 5.75 Å². The Bertz CT molecular complexity index is 418. The minimum Gasteiger partial charge on any atom is -0.506 e. The van der Waals surface area contributed by atoms with Crippen molar-refractivity contribution >= 4 is 5.97 Å². The summed E-state index contributed by atoms with van der Waals surface area (Å²) >= 11 is 0. The molecule has 0 aliphatic heterocycles. The van der Waals surface area contributed by atoms with E-state index in [1.54, 1.807) is 13.0 Å². The van der Waals surface area contributed by atoms with Gasteiger partial charge in [-0.15, -0.1) is 0 Å². The SMILES string of the molecule is Cc1c(CC(=O)O)ccc(C#N)c1O. The van der Waals surface area contributed by atoms with E-state index in [9.17, 15) is 9.90 Å². The van der Waals surface area contributed by atoms with Crippen LogP contribution in [0.1, 0.15) is 16.7 Å². The van der Waals surface area contributed by atoms with Gasteiger partial charge in [0.25, 0.3) is 0 Å². The van der Waals surface area contributed by atoms with Crippen LogP contribution in [0.25, 0.3) is 0 Å². The van der Waals surface area contributed by atoms with Gasteiger partial charge in [0.05, 0.1) is 12.0 Å². The van der Waals surface area contributed by atoms with E-state index in [1.807, 2.05) is 6.07 Å². The van der Waals surface area contributed by atoms with E-state index in [-0.39, 0.29) is 17.7 Å². The van der Waals surface area contributed by atoms with Crippen molar-refractivity contribution in [2.75, 3.05) is 0 Å². The molecule has 1 aromatic carbocycles. The average molecular weight is 191 g/mol. The third-order valence-corrected chi connectivity index (χ3v) is 2.01. The summed E-state index contributed by atoms with van der Waals surface area (Å²) in [5.74, 6) is -1.09. The minimum atomic E-state index is -0.961. The van der Waals surface area contributed by atoms with Gasteiger partial charge in [-0.05, 0) is 24.1 Å². The normalized spacial score (nSPS) is 9.43. The number of aliphatic carboxylic acids is 1. The lowest BCUT2D eigenvalue weighted by molar-refractivity contribution is -0.136. The molecule has 2 N–H and O–H groups in total. The molecule has 0 radical (unpaired) electrons. The Morgan fingerprint density at radius 3 is 2.71 bits per heavy atom. The van der Waals surface area contributed by atoms with Crippen LogP contribution in [0.15, 0.2) is 12.1 Å². The zero-order valence-corrected chi connectivity index (χ0v) is 7.61. The maximum atomic E-state index is 10.4. The minimum absolute atomic E-state index is 0.133. The first-order valence-electron chi connectivity index (χ1n) is 3.99. The van der Waals surface area contributed by atoms with E-state index in [0.717, 1.165) is 0 Å². The Kier molecular flexibility index (Phi) is 2.73. The monoisotopic (exact) mass is 191 g/mol. The number of rotatable bonds is 2. The van der Waals surface area contributed by atoms with Crippen molar-refractivity contribution in [1.82, 2.24) is 0 Å². The van der Waals surface area contributed by atoms with E-state index in [0.29, 0.717) is 11.1 Å². The van der Waals surface area contributed by atoms with Gasteiger partial charge in [0.15, 0.2) is 0 Å². The second-order valence-electron chi connectivity index (χ2n) is 2.93. The highest BCUT2D eigenvalue weighted by Crippen LogP contribution is 2.24. The molecule has 0 spiro atoms. The molecule has 0 aliphatic rings. The van der Waals surface area contributed by atoms with Crippen molar-refractivity contribution in [2.24, 2.45) is 0 Å². The van der Waals surface area contributed by atoms with Crippen molar-refractivity contribution in [3.05, 3.63) is 28.8 Å². The van der Waals surface area contributed by atoms with Crippen molar-refractivity contribution in [1.29, 1.82) is 5.26 Å². The zero-order chi connectivity index (χ0) is 10.7. The predicted molar refractivity (Wildman–Crippen MR) is 48.9 cm³/mol. The number of nitrogens with zero attached hydrogens (tertiary/aromatic N) is 1. The first kappa shape index (κ1) is 10.1. The van der Waals surface area contributed by atoms with Crippen LogP contribution >= 0.6 is 0 Å². The van der Waals surface area contributed by atoms with Gasteiger partial charge < -0.3 is 10.2 Å². The molecular formula is C10H9NO3. The van der Waals surface area contributed by atoms with Crippen LogP contribution in [0.3, 0.4) is 0 Å². The number of aromatic hydroxyl groups is 1. The lowest BCUT2D eigenvalue weighted by Crippen LogP contribution is -2.02. The molecule has 14 heavy (non-hydrogen) atoms. The summed E-state index contributed by atoms with van der Waals surface area (Å²) in [5.41, 5.74) is 1.14. The fourth-order valence-corrected chi connectivity index (χ4v) is 1.19. The Morgan fingerprint density at radius 1 is 1.57 bits per heavy atom. The molecule has 0 saturated heterocycles. The predicted octanol–water partition coefficient (Wildman–Crippen LogP) is 1.20. The van der Waals surface area contributed by atoms with Crippen molar-refractivity contribution in [2.45, 2.75) is 13.3 Å². The fourth-order valence-electron chi connectivity index (χ4n) is 1.19. The molecule has 0 saturated carbocycles. The number of phenolic OH excluding ortho intramolecular Hbond substituents is 1. The highest BCUT2D eigenvalue weighted by atomic mass is 16.4. The van der Waals surface area contributed by atoms with E-state index < -0.39 is 5.97 Å². The number of hydrogen-bond donors (Lipinski definition) is 2. The number of carboxylic acids is 1. The van der Waals surface area contributed by atoms with Gasteiger partial charge in [0, 0.05) is 0 Å². The standard InChI is InChI=1S/C10H9NO3/c1-6-7(4-9(12)13)2-3-8(5-11)10(6)14/h2-3,14H,4H2,1H3,(H,12,13). The molecule has 1 rings (SSSR count). The number of phenols is 1. The molecule has 0 atom stereocenters. The molecule has 1 aromatic rings. The van der Waals surface area contributed by atoms with E-state index in [2.05, 4.69) is 0 Å². The van der Waals surface area contributed by atoms with Gasteiger partial charge in [-0.1, -0.05) is 6.07 Å². The number of carbonyl (C=O) groups is 1. The smallest absolute Gasteiger partial charge is 0.307 e. The summed E-state index contributed by atoms with van der Waals surface area (Å²) in [6.45, 7) is 1.59. The van der Waals surface area contributed by atoms with Gasteiger partial charge in [-0.25, -0.2) is 0 Å².